The van der Waals surface area contributed by atoms with Gasteiger partial charge in [0.2, 0.25) is 0 Å². The van der Waals surface area contributed by atoms with Gasteiger partial charge in [0, 0.05) is 17.3 Å². The Kier molecular flexibility index (Phi) is 4.77. The van der Waals surface area contributed by atoms with Crippen molar-refractivity contribution in [3.63, 3.8) is 0 Å². The molecule has 0 bridgehead atoms. The molecule has 4 rings (SSSR count). The van der Waals surface area contributed by atoms with Crippen LogP contribution in [0.15, 0.2) is 60.8 Å². The molecule has 4 aromatic rings. The lowest BCUT2D eigenvalue weighted by Gasteiger charge is -2.04. The van der Waals surface area contributed by atoms with Crippen molar-refractivity contribution in [3.05, 3.63) is 101 Å². The molecule has 0 fully saturated rings. The number of hydrogen-bond acceptors (Lipinski definition) is 1. The summed E-state index contributed by atoms with van der Waals surface area (Å²) in [6.07, 6.45) is 1.62. The Hall–Kier alpha value is -3.65. The Bertz CT molecular complexity index is 1280. The average molecular weight is 391 g/mol. The second-order valence-corrected chi connectivity index (χ2v) is 6.61. The minimum absolute atomic E-state index is 0.314. The molecule has 1 aromatic heterocycles. The summed E-state index contributed by atoms with van der Waals surface area (Å²) in [5.74, 6) is 1.64. The van der Waals surface area contributed by atoms with E-state index in [1.165, 1.54) is 18.2 Å². The van der Waals surface area contributed by atoms with Gasteiger partial charge in [-0.05, 0) is 65.7 Å². The van der Waals surface area contributed by atoms with Crippen molar-refractivity contribution in [2.24, 2.45) is 0 Å². The first kappa shape index (κ1) is 18.7. The van der Waals surface area contributed by atoms with Crippen LogP contribution in [-0.4, -0.2) is 4.98 Å². The van der Waals surface area contributed by atoms with E-state index in [-0.39, 0.29) is 5.56 Å². The lowest BCUT2D eigenvalue weighted by Crippen LogP contribution is -1.94. The smallest absolute Gasteiger partial charge is 0.159 e. The van der Waals surface area contributed by atoms with Gasteiger partial charge in [-0.25, -0.2) is 17.6 Å². The molecule has 0 saturated heterocycles. The summed E-state index contributed by atoms with van der Waals surface area (Å²) in [6, 6.07) is 12.7. The number of nitrogens with zero attached hydrogens (tertiary/aromatic N) is 1. The van der Waals surface area contributed by atoms with E-state index in [9.17, 15) is 17.6 Å². The van der Waals surface area contributed by atoms with Gasteiger partial charge >= 0.3 is 0 Å². The molecule has 0 unspecified atom stereocenters. The summed E-state index contributed by atoms with van der Waals surface area (Å²) < 4.78 is 55.6. The molecule has 0 amide bonds. The lowest BCUT2D eigenvalue weighted by molar-refractivity contribution is 0.511. The largest absolute Gasteiger partial charge is 0.256 e. The number of halogens is 4. The maximum absolute atomic E-state index is 14.5. The van der Waals surface area contributed by atoms with E-state index in [0.29, 0.717) is 27.6 Å². The van der Waals surface area contributed by atoms with Gasteiger partial charge in [0.25, 0.3) is 0 Å². The molecule has 0 N–H and O–H groups in total. The fourth-order valence-corrected chi connectivity index (χ4v) is 2.93. The van der Waals surface area contributed by atoms with Crippen molar-refractivity contribution in [1.29, 1.82) is 0 Å². The van der Waals surface area contributed by atoms with Gasteiger partial charge in [-0.15, -0.1) is 0 Å². The average Bonchev–Trinajstić information content (AvgIpc) is 2.69. The third-order valence-corrected chi connectivity index (χ3v) is 4.46. The Balaban J connectivity index is 1.70. The van der Waals surface area contributed by atoms with Crippen LogP contribution in [0.4, 0.5) is 17.6 Å². The molecule has 5 heteroatoms. The fraction of sp³-hybridized carbons (Fsp3) is 0.0417. The monoisotopic (exact) mass is 391 g/mol. The zero-order valence-electron chi connectivity index (χ0n) is 15.2. The Morgan fingerprint density at radius 3 is 2.03 bits per heavy atom. The maximum Gasteiger partial charge on any atom is 0.159 e. The number of benzene rings is 3. The third-order valence-electron chi connectivity index (χ3n) is 4.46. The number of aromatic nitrogens is 1. The second kappa shape index (κ2) is 7.40. The SMILES string of the molecule is Cc1ccc(-c2cc(F)c(C#Cc3ccc4cc(F)c(F)cc4c3)c(F)c2)nc1. The first-order chi connectivity index (χ1) is 13.9. The van der Waals surface area contributed by atoms with Crippen LogP contribution in [0.3, 0.4) is 0 Å². The summed E-state index contributed by atoms with van der Waals surface area (Å²) in [6.45, 7) is 1.87. The predicted octanol–water partition coefficient (Wildman–Crippen LogP) is 6.17. The third kappa shape index (κ3) is 3.83. The number of aryl methyl sites for hydroxylation is 1. The molecule has 0 aliphatic heterocycles. The topological polar surface area (TPSA) is 12.9 Å². The van der Waals surface area contributed by atoms with E-state index in [1.54, 1.807) is 30.5 Å². The van der Waals surface area contributed by atoms with Crippen molar-refractivity contribution in [2.45, 2.75) is 6.92 Å². The highest BCUT2D eigenvalue weighted by Gasteiger charge is 2.11. The highest BCUT2D eigenvalue weighted by atomic mass is 19.2. The van der Waals surface area contributed by atoms with Crippen LogP contribution in [0.5, 0.6) is 0 Å². The quantitative estimate of drug-likeness (QED) is 0.279. The van der Waals surface area contributed by atoms with Gasteiger partial charge in [0.15, 0.2) is 11.6 Å². The lowest BCUT2D eigenvalue weighted by atomic mass is 10.0. The molecule has 0 radical (unpaired) electrons. The van der Waals surface area contributed by atoms with Gasteiger partial charge in [-0.3, -0.25) is 4.98 Å². The first-order valence-electron chi connectivity index (χ1n) is 8.73. The summed E-state index contributed by atoms with van der Waals surface area (Å²) in [4.78, 5) is 4.17. The molecule has 0 saturated carbocycles. The Labute approximate surface area is 164 Å². The van der Waals surface area contributed by atoms with Gasteiger partial charge in [0.05, 0.1) is 11.3 Å². The van der Waals surface area contributed by atoms with Crippen LogP contribution >= 0.6 is 0 Å². The number of fused-ring (bicyclic) bond motifs is 1. The zero-order chi connectivity index (χ0) is 20.5. The van der Waals surface area contributed by atoms with E-state index < -0.39 is 23.3 Å². The fourth-order valence-electron chi connectivity index (χ4n) is 2.93. The van der Waals surface area contributed by atoms with Gasteiger partial charge in [-0.1, -0.05) is 24.0 Å². The minimum Gasteiger partial charge on any atom is -0.256 e. The van der Waals surface area contributed by atoms with Crippen molar-refractivity contribution in [2.75, 3.05) is 0 Å². The van der Waals surface area contributed by atoms with Crippen molar-refractivity contribution in [1.82, 2.24) is 4.98 Å². The summed E-state index contributed by atoms with van der Waals surface area (Å²) >= 11 is 0. The van der Waals surface area contributed by atoms with E-state index in [0.717, 1.165) is 17.7 Å². The normalized spacial score (nSPS) is 10.7. The van der Waals surface area contributed by atoms with Crippen LogP contribution in [0.2, 0.25) is 0 Å². The van der Waals surface area contributed by atoms with Gasteiger partial charge < -0.3 is 0 Å². The van der Waals surface area contributed by atoms with E-state index in [4.69, 9.17) is 0 Å². The molecule has 0 atom stereocenters. The molecule has 142 valence electrons. The van der Waals surface area contributed by atoms with Crippen LogP contribution in [0, 0.1) is 42.0 Å². The molecular weight excluding hydrogens is 378 g/mol. The number of hydrogen-bond donors (Lipinski definition) is 0. The van der Waals surface area contributed by atoms with Crippen LogP contribution in [0.1, 0.15) is 16.7 Å². The minimum atomic E-state index is -0.972. The Morgan fingerprint density at radius 2 is 1.38 bits per heavy atom. The van der Waals surface area contributed by atoms with Crippen LogP contribution in [-0.2, 0) is 0 Å². The summed E-state index contributed by atoms with van der Waals surface area (Å²) in [5.41, 5.74) is 1.76. The van der Waals surface area contributed by atoms with Crippen molar-refractivity contribution < 1.29 is 17.6 Å². The van der Waals surface area contributed by atoms with Gasteiger partial charge in [0.1, 0.15) is 11.6 Å². The molecular formula is C24H13F4N. The maximum atomic E-state index is 14.5. The molecule has 0 aliphatic rings. The zero-order valence-corrected chi connectivity index (χ0v) is 15.2. The summed E-state index contributed by atoms with van der Waals surface area (Å²) in [5, 5.41) is 0.944. The molecule has 0 aliphatic carbocycles. The van der Waals surface area contributed by atoms with E-state index in [1.807, 2.05) is 6.92 Å². The van der Waals surface area contributed by atoms with Crippen molar-refractivity contribution >= 4 is 10.8 Å². The molecule has 1 nitrogen and oxygen atoms in total. The van der Waals surface area contributed by atoms with Crippen LogP contribution < -0.4 is 0 Å². The van der Waals surface area contributed by atoms with Gasteiger partial charge in [-0.2, -0.15) is 0 Å². The summed E-state index contributed by atoms with van der Waals surface area (Å²) in [7, 11) is 0. The van der Waals surface area contributed by atoms with E-state index in [2.05, 4.69) is 16.8 Å². The van der Waals surface area contributed by atoms with Crippen LogP contribution in [0.25, 0.3) is 22.0 Å². The Morgan fingerprint density at radius 1 is 0.690 bits per heavy atom. The molecule has 0 spiro atoms. The highest BCUT2D eigenvalue weighted by molar-refractivity contribution is 5.84. The number of rotatable bonds is 1. The number of pyridine rings is 1. The molecule has 3 aromatic carbocycles. The molecule has 29 heavy (non-hydrogen) atoms. The second-order valence-electron chi connectivity index (χ2n) is 6.61. The highest BCUT2D eigenvalue weighted by Crippen LogP contribution is 2.23. The molecule has 1 heterocycles. The van der Waals surface area contributed by atoms with Crippen molar-refractivity contribution in [3.8, 4) is 23.1 Å². The predicted molar refractivity (Wildman–Crippen MR) is 104 cm³/mol. The first-order valence-corrected chi connectivity index (χ1v) is 8.73. The van der Waals surface area contributed by atoms with E-state index >= 15 is 0 Å². The standard InChI is InChI=1S/C24H13F4N/c1-14-2-7-24(29-13-14)18-11-20(25)19(21(26)12-18)6-4-15-3-5-16-9-22(27)23(28)10-17(16)8-15/h2-3,5,7-13H,1H3.